The molecule has 0 fully saturated rings. The summed E-state index contributed by atoms with van der Waals surface area (Å²) in [4.78, 5) is 0. The van der Waals surface area contributed by atoms with Crippen LogP contribution in [0, 0.1) is 0 Å². The molecule has 1 aromatic rings. The highest BCUT2D eigenvalue weighted by atomic mass is 28.4. The Morgan fingerprint density at radius 1 is 0.957 bits per heavy atom. The molecule has 23 heavy (non-hydrogen) atoms. The first-order valence-electron chi connectivity index (χ1n) is 7.86. The molecule has 0 aliphatic rings. The molecule has 1 rings (SSSR count). The average Bonchev–Trinajstić information content (AvgIpc) is 2.51. The van der Waals surface area contributed by atoms with Gasteiger partial charge >= 0.3 is 15.0 Å². The van der Waals surface area contributed by atoms with Gasteiger partial charge in [-0.05, 0) is 50.8 Å². The van der Waals surface area contributed by atoms with Crippen LogP contribution >= 0.6 is 0 Å². The van der Waals surface area contributed by atoms with E-state index >= 15 is 0 Å². The third-order valence-electron chi connectivity index (χ3n) is 3.52. The highest BCUT2D eigenvalue weighted by molar-refractivity contribution is 6.60. The molecule has 0 aromatic heterocycles. The Morgan fingerprint density at radius 2 is 1.52 bits per heavy atom. The molecule has 132 valence electrons. The first-order valence-corrected chi connectivity index (χ1v) is 9.79. The Kier molecular flexibility index (Phi) is 8.25. The van der Waals surface area contributed by atoms with Crippen LogP contribution in [0.25, 0.3) is 0 Å². The largest absolute Gasteiger partial charge is 0.500 e. The summed E-state index contributed by atoms with van der Waals surface area (Å²) in [5, 5.41) is 0. The van der Waals surface area contributed by atoms with Crippen LogP contribution in [0.2, 0.25) is 6.04 Å². The molecule has 0 bridgehead atoms. The number of alkyl halides is 3. The maximum absolute atomic E-state index is 12.5. The summed E-state index contributed by atoms with van der Waals surface area (Å²) in [7, 11) is -0.986. The fraction of sp³-hybridized carbons (Fsp3) is 0.625. The number of benzene rings is 1. The number of rotatable bonds is 10. The van der Waals surface area contributed by atoms with Gasteiger partial charge in [-0.3, -0.25) is 0 Å². The minimum absolute atomic E-state index is 0.541. The second-order valence-electron chi connectivity index (χ2n) is 5.15. The van der Waals surface area contributed by atoms with E-state index in [-0.39, 0.29) is 0 Å². The smallest absolute Gasteiger partial charge is 0.377 e. The molecule has 0 unspecified atom stereocenters. The van der Waals surface area contributed by atoms with Crippen molar-refractivity contribution in [3.8, 4) is 0 Å². The van der Waals surface area contributed by atoms with Crippen LogP contribution in [0.1, 0.15) is 37.8 Å². The maximum Gasteiger partial charge on any atom is 0.500 e. The molecule has 0 saturated carbocycles. The maximum atomic E-state index is 12.5. The Bertz CT molecular complexity index is 443. The lowest BCUT2D eigenvalue weighted by Crippen LogP contribution is -2.44. The Hall–Kier alpha value is -0.893. The van der Waals surface area contributed by atoms with E-state index in [4.69, 9.17) is 13.3 Å². The van der Waals surface area contributed by atoms with Crippen LogP contribution in [0.5, 0.6) is 0 Å². The fourth-order valence-corrected chi connectivity index (χ4v) is 4.75. The molecule has 3 nitrogen and oxygen atoms in total. The highest BCUT2D eigenvalue weighted by Gasteiger charge is 2.38. The summed E-state index contributed by atoms with van der Waals surface area (Å²) < 4.78 is 54.4. The number of hydrogen-bond donors (Lipinski definition) is 0. The number of unbranched alkanes of at least 4 members (excludes halogenated alkanes) is 1. The molecular formula is C16H25F3O3Si. The van der Waals surface area contributed by atoms with E-state index in [0.717, 1.165) is 37.0 Å². The summed E-state index contributed by atoms with van der Waals surface area (Å²) in [6.07, 6.45) is -1.85. The zero-order valence-electron chi connectivity index (χ0n) is 13.9. The monoisotopic (exact) mass is 350 g/mol. The molecule has 0 spiro atoms. The molecule has 0 amide bonds. The van der Waals surface area contributed by atoms with Gasteiger partial charge in [-0.1, -0.05) is 12.1 Å². The van der Waals surface area contributed by atoms with E-state index in [9.17, 15) is 13.2 Å². The van der Waals surface area contributed by atoms with Gasteiger partial charge in [0.05, 0.1) is 5.56 Å². The van der Waals surface area contributed by atoms with Gasteiger partial charge in [0.25, 0.3) is 0 Å². The molecule has 0 radical (unpaired) electrons. The lowest BCUT2D eigenvalue weighted by atomic mass is 10.1. The van der Waals surface area contributed by atoms with E-state index in [1.54, 1.807) is 7.11 Å². The number of aryl methyl sites for hydroxylation is 1. The first-order chi connectivity index (χ1) is 10.9. The Balaban J connectivity index is 2.46. The Morgan fingerprint density at radius 3 is 1.96 bits per heavy atom. The van der Waals surface area contributed by atoms with E-state index in [2.05, 4.69) is 0 Å². The van der Waals surface area contributed by atoms with Gasteiger partial charge in [0.2, 0.25) is 0 Å². The molecule has 0 aliphatic carbocycles. The lowest BCUT2D eigenvalue weighted by molar-refractivity contribution is -0.137. The van der Waals surface area contributed by atoms with Crippen molar-refractivity contribution in [3.63, 3.8) is 0 Å². The van der Waals surface area contributed by atoms with Crippen molar-refractivity contribution in [2.45, 2.75) is 45.3 Å². The number of halogens is 3. The lowest BCUT2D eigenvalue weighted by Gasteiger charge is -2.27. The van der Waals surface area contributed by atoms with E-state index in [0.29, 0.717) is 19.3 Å². The van der Waals surface area contributed by atoms with Crippen molar-refractivity contribution in [2.75, 3.05) is 20.3 Å². The highest BCUT2D eigenvalue weighted by Crippen LogP contribution is 2.29. The summed E-state index contributed by atoms with van der Waals surface area (Å²) in [6, 6.07) is 6.05. The molecule has 0 aliphatic heterocycles. The van der Waals surface area contributed by atoms with Gasteiger partial charge in [-0.25, -0.2) is 0 Å². The fourth-order valence-electron chi connectivity index (χ4n) is 2.38. The minimum atomic E-state index is -4.28. The summed E-state index contributed by atoms with van der Waals surface area (Å²) in [5.41, 5.74) is 0.287. The standard InChI is InChI=1S/C16H25F3O3Si/c1-4-21-23(20-3,22-5-2)13-7-6-8-14-9-11-15(12-10-14)16(17,18)19/h9-12H,4-8,13H2,1-3H3. The number of hydrogen-bond acceptors (Lipinski definition) is 3. The molecule has 0 N–H and O–H groups in total. The molecule has 0 saturated heterocycles. The van der Waals surface area contributed by atoms with Crippen molar-refractivity contribution < 1.29 is 26.4 Å². The van der Waals surface area contributed by atoms with Crippen molar-refractivity contribution in [1.82, 2.24) is 0 Å². The summed E-state index contributed by atoms with van der Waals surface area (Å²) in [5.74, 6) is 0. The molecule has 1 aromatic carbocycles. The predicted molar refractivity (Wildman–Crippen MR) is 85.2 cm³/mol. The van der Waals surface area contributed by atoms with Crippen molar-refractivity contribution in [3.05, 3.63) is 35.4 Å². The normalized spacial score (nSPS) is 12.6. The topological polar surface area (TPSA) is 27.7 Å². The van der Waals surface area contributed by atoms with Gasteiger partial charge in [0, 0.05) is 26.4 Å². The molecule has 0 atom stereocenters. The first kappa shape index (κ1) is 20.2. The van der Waals surface area contributed by atoms with Crippen molar-refractivity contribution in [2.24, 2.45) is 0 Å². The minimum Gasteiger partial charge on any atom is -0.377 e. The third kappa shape index (κ3) is 6.62. The van der Waals surface area contributed by atoms with Crippen LogP contribution in [-0.4, -0.2) is 29.1 Å². The quantitative estimate of drug-likeness (QED) is 0.453. The van der Waals surface area contributed by atoms with Gasteiger partial charge in [-0.15, -0.1) is 0 Å². The zero-order valence-corrected chi connectivity index (χ0v) is 14.9. The second kappa shape index (κ2) is 9.41. The van der Waals surface area contributed by atoms with Crippen molar-refractivity contribution in [1.29, 1.82) is 0 Å². The molecular weight excluding hydrogens is 325 g/mol. The molecule has 0 heterocycles. The third-order valence-corrected chi connectivity index (χ3v) is 6.56. The van der Waals surface area contributed by atoms with E-state index in [1.807, 2.05) is 13.8 Å². The predicted octanol–water partition coefficient (Wildman–Crippen LogP) is 4.69. The van der Waals surface area contributed by atoms with Crippen LogP contribution in [0.3, 0.4) is 0 Å². The van der Waals surface area contributed by atoms with Crippen LogP contribution in [-0.2, 0) is 25.9 Å². The van der Waals surface area contributed by atoms with Gasteiger partial charge in [-0.2, -0.15) is 13.2 Å². The van der Waals surface area contributed by atoms with Crippen LogP contribution in [0.4, 0.5) is 13.2 Å². The SMILES string of the molecule is CCO[Si](CCCCc1ccc(C(F)(F)F)cc1)(OC)OCC. The van der Waals surface area contributed by atoms with Gasteiger partial charge in [0.1, 0.15) is 0 Å². The summed E-state index contributed by atoms with van der Waals surface area (Å²) in [6.45, 7) is 4.89. The second-order valence-corrected chi connectivity index (χ2v) is 8.01. The van der Waals surface area contributed by atoms with E-state index in [1.165, 1.54) is 12.1 Å². The van der Waals surface area contributed by atoms with Gasteiger partial charge in [0.15, 0.2) is 0 Å². The van der Waals surface area contributed by atoms with Crippen LogP contribution in [0.15, 0.2) is 24.3 Å². The Labute approximate surface area is 137 Å². The van der Waals surface area contributed by atoms with Crippen molar-refractivity contribution >= 4 is 8.80 Å². The summed E-state index contributed by atoms with van der Waals surface area (Å²) >= 11 is 0. The molecule has 7 heteroatoms. The zero-order chi connectivity index (χ0) is 17.3. The van der Waals surface area contributed by atoms with E-state index < -0.39 is 20.5 Å². The average molecular weight is 350 g/mol. The van der Waals surface area contributed by atoms with Gasteiger partial charge < -0.3 is 13.3 Å². The van der Waals surface area contributed by atoms with Crippen LogP contribution < -0.4 is 0 Å².